The van der Waals surface area contributed by atoms with Crippen molar-refractivity contribution in [3.8, 4) is 5.75 Å². The highest BCUT2D eigenvalue weighted by Gasteiger charge is 2.10. The highest BCUT2D eigenvalue weighted by Crippen LogP contribution is 2.27. The lowest BCUT2D eigenvalue weighted by molar-refractivity contribution is 0.475. The lowest BCUT2D eigenvalue weighted by atomic mass is 10.2. The summed E-state index contributed by atoms with van der Waals surface area (Å²) in [4.78, 5) is 4.27. The fourth-order valence-electron chi connectivity index (χ4n) is 1.71. The van der Waals surface area contributed by atoms with Gasteiger partial charge in [-0.05, 0) is 25.1 Å². The third-order valence-electron chi connectivity index (χ3n) is 2.58. The molecule has 1 atom stereocenters. The van der Waals surface area contributed by atoms with Crippen LogP contribution in [0.25, 0.3) is 0 Å². The van der Waals surface area contributed by atoms with E-state index in [0.717, 1.165) is 11.5 Å². The minimum absolute atomic E-state index is 0.0654. The van der Waals surface area contributed by atoms with Crippen LogP contribution in [0.4, 0.5) is 5.69 Å². The summed E-state index contributed by atoms with van der Waals surface area (Å²) in [5.41, 5.74) is 0.850. The largest absolute Gasteiger partial charge is 0.506 e. The molecule has 17 heavy (non-hydrogen) atoms. The highest BCUT2D eigenvalue weighted by molar-refractivity contribution is 6.32. The first kappa shape index (κ1) is 11.8. The molecule has 0 spiro atoms. The summed E-state index contributed by atoms with van der Waals surface area (Å²) in [6.07, 6.45) is 3.66. The predicted octanol–water partition coefficient (Wildman–Crippen LogP) is 2.95. The average Bonchev–Trinajstić information content (AvgIpc) is 2.70. The first-order valence-electron chi connectivity index (χ1n) is 5.30. The van der Waals surface area contributed by atoms with Crippen LogP contribution >= 0.6 is 11.6 Å². The lowest BCUT2D eigenvalue weighted by Crippen LogP contribution is -2.11. The van der Waals surface area contributed by atoms with Gasteiger partial charge in [0.2, 0.25) is 0 Å². The lowest BCUT2D eigenvalue weighted by Gasteiger charge is -2.15. The third-order valence-corrected chi connectivity index (χ3v) is 2.88. The molecule has 0 amide bonds. The molecule has 0 bridgehead atoms. The number of hydrogen-bond donors (Lipinski definition) is 2. The van der Waals surface area contributed by atoms with Crippen molar-refractivity contribution in [3.63, 3.8) is 0 Å². The molecule has 1 heterocycles. The number of aromatic nitrogens is 2. The first-order chi connectivity index (χ1) is 8.08. The Labute approximate surface area is 105 Å². The van der Waals surface area contributed by atoms with Crippen molar-refractivity contribution in [1.29, 1.82) is 0 Å². The quantitative estimate of drug-likeness (QED) is 0.825. The predicted molar refractivity (Wildman–Crippen MR) is 68.4 cm³/mol. The maximum atomic E-state index is 9.33. The molecular weight excluding hydrogens is 238 g/mol. The van der Waals surface area contributed by atoms with Gasteiger partial charge in [-0.3, -0.25) is 0 Å². The van der Waals surface area contributed by atoms with E-state index in [1.54, 1.807) is 24.4 Å². The van der Waals surface area contributed by atoms with Crippen LogP contribution in [0.2, 0.25) is 5.02 Å². The second-order valence-corrected chi connectivity index (χ2v) is 4.34. The van der Waals surface area contributed by atoms with Crippen LogP contribution in [0.15, 0.2) is 30.6 Å². The van der Waals surface area contributed by atoms with Crippen molar-refractivity contribution in [2.24, 2.45) is 7.05 Å². The summed E-state index contributed by atoms with van der Waals surface area (Å²) in [5, 5.41) is 12.9. The van der Waals surface area contributed by atoms with Gasteiger partial charge >= 0.3 is 0 Å². The number of aromatic hydroxyl groups is 1. The third kappa shape index (κ3) is 2.53. The molecule has 5 heteroatoms. The molecule has 2 aromatic rings. The van der Waals surface area contributed by atoms with Gasteiger partial charge in [-0.2, -0.15) is 0 Å². The Kier molecular flexibility index (Phi) is 3.24. The molecule has 0 aliphatic rings. The summed E-state index contributed by atoms with van der Waals surface area (Å²) in [7, 11) is 1.95. The van der Waals surface area contributed by atoms with Crippen LogP contribution in [-0.2, 0) is 7.05 Å². The summed E-state index contributed by atoms with van der Waals surface area (Å²) in [5.74, 6) is 1.02. The van der Waals surface area contributed by atoms with Gasteiger partial charge in [0.15, 0.2) is 0 Å². The minimum atomic E-state index is 0.0654. The van der Waals surface area contributed by atoms with Crippen molar-refractivity contribution in [3.05, 3.63) is 41.4 Å². The smallest absolute Gasteiger partial charge is 0.134 e. The molecule has 0 saturated heterocycles. The molecule has 90 valence electrons. The van der Waals surface area contributed by atoms with E-state index >= 15 is 0 Å². The number of nitrogens with zero attached hydrogens (tertiary/aromatic N) is 2. The number of anilines is 1. The highest BCUT2D eigenvalue weighted by atomic mass is 35.5. The van der Waals surface area contributed by atoms with Crippen LogP contribution < -0.4 is 5.32 Å². The van der Waals surface area contributed by atoms with Crippen molar-refractivity contribution in [2.75, 3.05) is 5.32 Å². The van der Waals surface area contributed by atoms with Crippen LogP contribution in [-0.4, -0.2) is 14.7 Å². The minimum Gasteiger partial charge on any atom is -0.506 e. The monoisotopic (exact) mass is 251 g/mol. The number of rotatable bonds is 3. The molecule has 0 fully saturated rings. The van der Waals surface area contributed by atoms with Gasteiger partial charge in [-0.15, -0.1) is 0 Å². The fraction of sp³-hybridized carbons (Fsp3) is 0.250. The summed E-state index contributed by atoms with van der Waals surface area (Å²) in [6, 6.07) is 5.10. The van der Waals surface area contributed by atoms with Gasteiger partial charge in [0.1, 0.15) is 11.6 Å². The van der Waals surface area contributed by atoms with Crippen molar-refractivity contribution >= 4 is 17.3 Å². The van der Waals surface area contributed by atoms with E-state index < -0.39 is 0 Å². The Balaban J connectivity index is 2.16. The number of aryl methyl sites for hydroxylation is 1. The average molecular weight is 252 g/mol. The molecule has 1 unspecified atom stereocenters. The van der Waals surface area contributed by atoms with Gasteiger partial charge in [0.05, 0.1) is 11.1 Å². The van der Waals surface area contributed by atoms with Crippen LogP contribution in [0.3, 0.4) is 0 Å². The van der Waals surface area contributed by atoms with E-state index in [1.165, 1.54) is 0 Å². The molecule has 4 nitrogen and oxygen atoms in total. The Bertz CT molecular complexity index is 524. The molecule has 0 aliphatic carbocycles. The number of nitrogens with one attached hydrogen (secondary N) is 1. The number of halogens is 1. The first-order valence-corrected chi connectivity index (χ1v) is 5.68. The van der Waals surface area contributed by atoms with Gasteiger partial charge in [-0.1, -0.05) is 11.6 Å². The molecule has 1 aromatic carbocycles. The second-order valence-electron chi connectivity index (χ2n) is 3.93. The second kappa shape index (κ2) is 4.67. The van der Waals surface area contributed by atoms with Gasteiger partial charge in [-0.25, -0.2) is 4.98 Å². The molecule has 0 radical (unpaired) electrons. The van der Waals surface area contributed by atoms with Crippen LogP contribution in [0, 0.1) is 0 Å². The number of benzene rings is 1. The zero-order chi connectivity index (χ0) is 12.4. The number of phenols is 1. The van der Waals surface area contributed by atoms with E-state index in [0.29, 0.717) is 5.02 Å². The van der Waals surface area contributed by atoms with Crippen molar-refractivity contribution < 1.29 is 5.11 Å². The standard InChI is InChI=1S/C12H14ClN3O/c1-8(12-14-5-6-16(12)2)15-9-3-4-11(17)10(13)7-9/h3-8,15,17H,1-2H3. The van der Waals surface area contributed by atoms with Crippen molar-refractivity contribution in [1.82, 2.24) is 9.55 Å². The number of phenolic OH excluding ortho intramolecular Hbond substituents is 1. The zero-order valence-corrected chi connectivity index (χ0v) is 10.4. The van der Waals surface area contributed by atoms with Crippen LogP contribution in [0.1, 0.15) is 18.8 Å². The summed E-state index contributed by atoms with van der Waals surface area (Å²) < 4.78 is 1.96. The van der Waals surface area contributed by atoms with Gasteiger partial charge in [0, 0.05) is 25.1 Å². The van der Waals surface area contributed by atoms with Gasteiger partial charge < -0.3 is 15.0 Å². The molecule has 0 aliphatic heterocycles. The van der Waals surface area contributed by atoms with E-state index in [4.69, 9.17) is 11.6 Å². The van der Waals surface area contributed by atoms with E-state index in [-0.39, 0.29) is 11.8 Å². The SMILES string of the molecule is CC(Nc1ccc(O)c(Cl)c1)c1nccn1C. The normalized spacial score (nSPS) is 12.4. The Morgan fingerprint density at radius 3 is 2.82 bits per heavy atom. The Morgan fingerprint density at radius 2 is 2.24 bits per heavy atom. The van der Waals surface area contributed by atoms with E-state index in [1.807, 2.05) is 24.7 Å². The summed E-state index contributed by atoms with van der Waals surface area (Å²) in [6.45, 7) is 2.02. The topological polar surface area (TPSA) is 50.1 Å². The fourth-order valence-corrected chi connectivity index (χ4v) is 1.89. The molecule has 0 saturated carbocycles. The van der Waals surface area contributed by atoms with Crippen LogP contribution in [0.5, 0.6) is 5.75 Å². The molecule has 1 aromatic heterocycles. The number of imidazole rings is 1. The Hall–Kier alpha value is -1.68. The van der Waals surface area contributed by atoms with E-state index in [2.05, 4.69) is 10.3 Å². The summed E-state index contributed by atoms with van der Waals surface area (Å²) >= 11 is 5.84. The molecular formula is C12H14ClN3O. The van der Waals surface area contributed by atoms with Crippen molar-refractivity contribution in [2.45, 2.75) is 13.0 Å². The maximum Gasteiger partial charge on any atom is 0.134 e. The number of hydrogen-bond acceptors (Lipinski definition) is 3. The molecule has 2 N–H and O–H groups in total. The Morgan fingerprint density at radius 1 is 1.47 bits per heavy atom. The maximum absolute atomic E-state index is 9.33. The zero-order valence-electron chi connectivity index (χ0n) is 9.68. The molecule has 2 rings (SSSR count). The van der Waals surface area contributed by atoms with Gasteiger partial charge in [0.25, 0.3) is 0 Å². The van der Waals surface area contributed by atoms with E-state index in [9.17, 15) is 5.11 Å².